The Morgan fingerprint density at radius 1 is 1.15 bits per heavy atom. The molecule has 2 aliphatic rings. The zero-order valence-electron chi connectivity index (χ0n) is 27.8. The van der Waals surface area contributed by atoms with Gasteiger partial charge in [0.1, 0.15) is 23.3 Å². The molecule has 14 heteroatoms. The Hall–Kier alpha value is -3.42. The molecule has 3 atom stereocenters. The number of ether oxygens (including phenoxy) is 2. The number of hydrogen-bond donors (Lipinski definition) is 1. The average Bonchev–Trinajstić information content (AvgIpc) is 3.68. The van der Waals surface area contributed by atoms with Gasteiger partial charge in [-0.15, -0.1) is 0 Å². The highest BCUT2D eigenvalue weighted by Crippen LogP contribution is 2.42. The number of nitrogens with one attached hydrogen (secondary N) is 1. The second-order valence-electron chi connectivity index (χ2n) is 14.8. The van der Waals surface area contributed by atoms with Gasteiger partial charge in [0.2, 0.25) is 5.95 Å². The van der Waals surface area contributed by atoms with E-state index in [1.807, 2.05) is 20.8 Å². The van der Waals surface area contributed by atoms with E-state index in [0.29, 0.717) is 34.7 Å². The van der Waals surface area contributed by atoms with Crippen LogP contribution in [0.1, 0.15) is 40.0 Å². The predicted molar refractivity (Wildman–Crippen MR) is 181 cm³/mol. The van der Waals surface area contributed by atoms with Gasteiger partial charge in [0.25, 0.3) is 5.56 Å². The van der Waals surface area contributed by atoms with Crippen molar-refractivity contribution in [3.05, 3.63) is 39.7 Å². The number of aromatic nitrogens is 5. The molecule has 1 N–H and O–H groups in total. The van der Waals surface area contributed by atoms with Gasteiger partial charge in [-0.3, -0.25) is 14.0 Å². The van der Waals surface area contributed by atoms with E-state index < -0.39 is 25.6 Å². The monoisotopic (exact) mass is 671 g/mol. The number of aryl methyl sites for hydroxylation is 1. The van der Waals surface area contributed by atoms with E-state index in [0.717, 1.165) is 25.3 Å². The number of halogens is 2. The number of nitrogens with zero attached hydrogens (tertiary/aromatic N) is 6. The van der Waals surface area contributed by atoms with Gasteiger partial charge in [0.05, 0.1) is 28.4 Å². The summed E-state index contributed by atoms with van der Waals surface area (Å²) in [5.41, 5.74) is 0.597. The minimum absolute atomic E-state index is 0.0449. The van der Waals surface area contributed by atoms with Crippen LogP contribution in [0.25, 0.3) is 33.1 Å². The first kappa shape index (κ1) is 32.5. The summed E-state index contributed by atoms with van der Waals surface area (Å²) in [6.07, 6.45) is 3.79. The van der Waals surface area contributed by atoms with Crippen molar-refractivity contribution >= 4 is 53.7 Å². The van der Waals surface area contributed by atoms with Crippen LogP contribution in [0.15, 0.2) is 23.1 Å². The molecule has 1 amide bonds. The fourth-order valence-electron chi connectivity index (χ4n) is 6.71. The molecule has 6 rings (SSSR count). The zero-order chi connectivity index (χ0) is 33.3. The fourth-order valence-corrected chi connectivity index (χ4v) is 7.69. The van der Waals surface area contributed by atoms with Crippen molar-refractivity contribution in [2.75, 3.05) is 11.5 Å². The fraction of sp³-hybridized carbons (Fsp3) is 0.562. The summed E-state index contributed by atoms with van der Waals surface area (Å²) in [6.45, 7) is 13.1. The molecule has 2 aliphatic heterocycles. The molecular weight excluding hydrogens is 629 g/mol. The summed E-state index contributed by atoms with van der Waals surface area (Å²) in [5.74, 6) is -0.0354. The van der Waals surface area contributed by atoms with Crippen molar-refractivity contribution in [1.29, 1.82) is 0 Å². The van der Waals surface area contributed by atoms with Crippen molar-refractivity contribution in [3.63, 3.8) is 0 Å². The van der Waals surface area contributed by atoms with E-state index in [2.05, 4.69) is 35.0 Å². The number of fused-ring (bicyclic) bond motifs is 4. The number of carbonyl (C=O) groups is 1. The second-order valence-corrected chi connectivity index (χ2v) is 20.7. The number of benzene rings is 1. The van der Waals surface area contributed by atoms with Gasteiger partial charge < -0.3 is 24.3 Å². The van der Waals surface area contributed by atoms with Crippen LogP contribution in [0, 0.1) is 5.82 Å². The Morgan fingerprint density at radius 2 is 1.89 bits per heavy atom. The smallest absolute Gasteiger partial charge is 0.407 e. The van der Waals surface area contributed by atoms with E-state index in [1.165, 1.54) is 9.25 Å². The van der Waals surface area contributed by atoms with Crippen molar-refractivity contribution in [1.82, 2.24) is 29.2 Å². The number of amides is 1. The van der Waals surface area contributed by atoms with Gasteiger partial charge >= 0.3 is 6.09 Å². The molecule has 5 heterocycles. The quantitative estimate of drug-likeness (QED) is 0.180. The summed E-state index contributed by atoms with van der Waals surface area (Å²) >= 11 is 6.43. The lowest BCUT2D eigenvalue weighted by Crippen LogP contribution is -2.46. The highest BCUT2D eigenvalue weighted by Gasteiger charge is 2.49. The summed E-state index contributed by atoms with van der Waals surface area (Å²) in [6, 6.07) is 4.24. The normalized spacial score (nSPS) is 20.0. The standard InChI is InChI=1S/C32H43ClFN7O4Si/c1-32(2,3)45-31(43)35-22-15-18-9-12-23(22)41(18)30-36-28-24(29(42)38(30)4)20(16-40(28)17-44-13-14-46(6,7)8)19-10-11-21-25(26(19)34)27(33)39(5)37-21/h10-11,16,18,22-23H,9,12-15,17H2,1-8H3,(H,35,43)/t18-,22+,23+/m0/s1. The second kappa shape index (κ2) is 11.7. The lowest BCUT2D eigenvalue weighted by atomic mass is 9.96. The molecule has 0 radical (unpaired) electrons. The molecule has 248 valence electrons. The summed E-state index contributed by atoms with van der Waals surface area (Å²) in [7, 11) is 2.02. The van der Waals surface area contributed by atoms with E-state index in [4.69, 9.17) is 26.1 Å². The van der Waals surface area contributed by atoms with Gasteiger partial charge in [0, 0.05) is 52.1 Å². The molecule has 0 spiro atoms. The lowest BCUT2D eigenvalue weighted by molar-refractivity contribution is 0.0497. The number of hydrogen-bond acceptors (Lipinski definition) is 7. The van der Waals surface area contributed by atoms with E-state index in [-0.39, 0.29) is 46.5 Å². The molecule has 1 aromatic carbocycles. The first-order valence-corrected chi connectivity index (χ1v) is 19.9. The van der Waals surface area contributed by atoms with Gasteiger partial charge in [-0.1, -0.05) is 31.2 Å². The van der Waals surface area contributed by atoms with Crippen LogP contribution in [0.4, 0.5) is 15.1 Å². The molecule has 0 unspecified atom stereocenters. The number of alkyl carbamates (subject to hydrolysis) is 1. The van der Waals surface area contributed by atoms with Crippen molar-refractivity contribution < 1.29 is 18.7 Å². The van der Waals surface area contributed by atoms with E-state index in [1.54, 1.807) is 37.0 Å². The largest absolute Gasteiger partial charge is 0.444 e. The van der Waals surface area contributed by atoms with E-state index >= 15 is 4.39 Å². The van der Waals surface area contributed by atoms with Gasteiger partial charge in [-0.2, -0.15) is 10.1 Å². The Labute approximate surface area is 273 Å². The SMILES string of the molecule is Cn1nc2ccc(-c3cn(COCC[Si](C)(C)C)c4nc(N5[C@H]6CC[C@@H]5[C@H](NC(=O)OC(C)(C)C)C6)n(C)c(=O)c34)c(F)c2c1Cl. The highest BCUT2D eigenvalue weighted by molar-refractivity contribution is 6.76. The molecule has 0 aliphatic carbocycles. The van der Waals surface area contributed by atoms with Crippen molar-refractivity contribution in [2.45, 2.75) is 96.2 Å². The Bertz CT molecular complexity index is 1890. The average molecular weight is 672 g/mol. The maximum absolute atomic E-state index is 16.2. The van der Waals surface area contributed by atoms with Crippen molar-refractivity contribution in [2.24, 2.45) is 14.1 Å². The molecule has 2 fully saturated rings. The summed E-state index contributed by atoms with van der Waals surface area (Å²) in [4.78, 5) is 34.2. The minimum atomic E-state index is -1.34. The van der Waals surface area contributed by atoms with Crippen LogP contribution in [-0.4, -0.2) is 68.4 Å². The highest BCUT2D eigenvalue weighted by atomic mass is 35.5. The summed E-state index contributed by atoms with van der Waals surface area (Å²) < 4.78 is 32.6. The van der Waals surface area contributed by atoms with E-state index in [9.17, 15) is 9.59 Å². The molecular formula is C32H43ClFN7O4Si. The molecule has 3 aromatic heterocycles. The van der Waals surface area contributed by atoms with Crippen LogP contribution in [-0.2, 0) is 30.3 Å². The number of rotatable bonds is 8. The third kappa shape index (κ3) is 5.92. The Morgan fingerprint density at radius 3 is 2.59 bits per heavy atom. The van der Waals surface area contributed by atoms with Crippen LogP contribution < -0.4 is 15.8 Å². The molecule has 4 aromatic rings. The molecule has 11 nitrogen and oxygen atoms in total. The topological polar surface area (TPSA) is 108 Å². The first-order valence-electron chi connectivity index (χ1n) is 15.8. The van der Waals surface area contributed by atoms with Crippen LogP contribution in [0.3, 0.4) is 0 Å². The zero-order valence-corrected chi connectivity index (χ0v) is 29.5. The minimum Gasteiger partial charge on any atom is -0.444 e. The van der Waals surface area contributed by atoms with Crippen LogP contribution in [0.5, 0.6) is 0 Å². The van der Waals surface area contributed by atoms with Crippen LogP contribution in [0.2, 0.25) is 30.8 Å². The first-order chi connectivity index (χ1) is 21.5. The van der Waals surface area contributed by atoms with Gasteiger partial charge in [0.15, 0.2) is 5.65 Å². The third-order valence-corrected chi connectivity index (χ3v) is 11.1. The van der Waals surface area contributed by atoms with Gasteiger partial charge in [-0.05, 0) is 58.2 Å². The number of carbonyl (C=O) groups excluding carboxylic acids is 1. The van der Waals surface area contributed by atoms with Crippen LogP contribution >= 0.6 is 11.6 Å². The molecule has 0 saturated carbocycles. The maximum Gasteiger partial charge on any atom is 0.407 e. The van der Waals surface area contributed by atoms with Gasteiger partial charge in [-0.25, -0.2) is 9.18 Å². The molecule has 2 bridgehead atoms. The van der Waals surface area contributed by atoms with Crippen molar-refractivity contribution in [3.8, 4) is 11.1 Å². The third-order valence-electron chi connectivity index (χ3n) is 8.93. The Kier molecular flexibility index (Phi) is 8.25. The Balaban J connectivity index is 1.43. The summed E-state index contributed by atoms with van der Waals surface area (Å²) in [5, 5.41) is 8.03. The lowest BCUT2D eigenvalue weighted by Gasteiger charge is -2.28. The number of anilines is 1. The maximum atomic E-state index is 16.2. The predicted octanol–water partition coefficient (Wildman–Crippen LogP) is 6.03. The molecule has 2 saturated heterocycles. The molecule has 46 heavy (non-hydrogen) atoms.